The maximum absolute atomic E-state index is 12.9. The number of nitrogens with zero attached hydrogens (tertiary/aromatic N) is 2. The smallest absolute Gasteiger partial charge is 0.242 e. The van der Waals surface area contributed by atoms with Crippen LogP contribution in [0.1, 0.15) is 31.9 Å². The molecule has 0 spiro atoms. The molecule has 0 aromatic heterocycles. The molecule has 3 nitrogen and oxygen atoms in total. The molecule has 1 amide bonds. The summed E-state index contributed by atoms with van der Waals surface area (Å²) in [5, 5.41) is 0. The maximum atomic E-state index is 12.9. The van der Waals surface area contributed by atoms with Crippen LogP contribution in [-0.4, -0.2) is 29.9 Å². The Kier molecular flexibility index (Phi) is 6.42. The van der Waals surface area contributed by atoms with E-state index in [4.69, 9.17) is 0 Å². The zero-order chi connectivity index (χ0) is 17.5. The molecule has 0 unspecified atom stereocenters. The first-order valence-electron chi connectivity index (χ1n) is 8.66. The van der Waals surface area contributed by atoms with Gasteiger partial charge in [0.25, 0.3) is 0 Å². The molecule has 0 N–H and O–H groups in total. The van der Waals surface area contributed by atoms with E-state index >= 15 is 0 Å². The lowest BCUT2D eigenvalue weighted by Gasteiger charge is -2.31. The van der Waals surface area contributed by atoms with Crippen molar-refractivity contribution < 1.29 is 4.79 Å². The third kappa shape index (κ3) is 4.85. The van der Waals surface area contributed by atoms with Gasteiger partial charge in [0.15, 0.2) is 0 Å². The lowest BCUT2D eigenvalue weighted by molar-refractivity contribution is -0.132. The van der Waals surface area contributed by atoms with Crippen LogP contribution in [-0.2, 0) is 11.3 Å². The van der Waals surface area contributed by atoms with Gasteiger partial charge >= 0.3 is 0 Å². The van der Waals surface area contributed by atoms with Crippen molar-refractivity contribution in [3.05, 3.63) is 65.7 Å². The Balaban J connectivity index is 2.11. The highest BCUT2D eigenvalue weighted by Gasteiger charge is 2.20. The van der Waals surface area contributed by atoms with Crippen LogP contribution < -0.4 is 4.90 Å². The predicted octanol–water partition coefficient (Wildman–Crippen LogP) is 4.26. The van der Waals surface area contributed by atoms with Crippen molar-refractivity contribution in [1.82, 2.24) is 4.90 Å². The van der Waals surface area contributed by atoms with Crippen molar-refractivity contribution in [3.63, 3.8) is 0 Å². The molecule has 0 aliphatic rings. The van der Waals surface area contributed by atoms with E-state index in [0.29, 0.717) is 13.1 Å². The molecule has 0 heterocycles. The zero-order valence-corrected chi connectivity index (χ0v) is 15.2. The summed E-state index contributed by atoms with van der Waals surface area (Å²) >= 11 is 0. The standard InChI is InChI=1S/C21H28N2O/c1-5-22(20-13-9-10-18(4)14-20)16-21(24)23(17(2)3)15-19-11-7-6-8-12-19/h6-14,17H,5,15-16H2,1-4H3. The molecule has 24 heavy (non-hydrogen) atoms. The van der Waals surface area contributed by atoms with Crippen LogP contribution in [0.25, 0.3) is 0 Å². The second-order valence-corrected chi connectivity index (χ2v) is 6.45. The molecule has 2 aromatic carbocycles. The fourth-order valence-corrected chi connectivity index (χ4v) is 2.80. The highest BCUT2D eigenvalue weighted by atomic mass is 16.2. The van der Waals surface area contributed by atoms with Crippen molar-refractivity contribution in [1.29, 1.82) is 0 Å². The van der Waals surface area contributed by atoms with E-state index in [2.05, 4.69) is 62.9 Å². The minimum atomic E-state index is 0.164. The number of likely N-dealkylation sites (N-methyl/N-ethyl adjacent to an activating group) is 1. The van der Waals surface area contributed by atoms with Gasteiger partial charge in [0.2, 0.25) is 5.91 Å². The minimum Gasteiger partial charge on any atom is -0.362 e. The molecule has 0 atom stereocenters. The van der Waals surface area contributed by atoms with Crippen LogP contribution in [0.15, 0.2) is 54.6 Å². The largest absolute Gasteiger partial charge is 0.362 e. The molecule has 0 aliphatic carbocycles. The van der Waals surface area contributed by atoms with Crippen molar-refractivity contribution >= 4 is 11.6 Å². The van der Waals surface area contributed by atoms with E-state index in [9.17, 15) is 4.79 Å². The number of amides is 1. The number of hydrogen-bond donors (Lipinski definition) is 0. The van der Waals surface area contributed by atoms with Crippen molar-refractivity contribution in [2.45, 2.75) is 40.3 Å². The molecule has 2 aromatic rings. The molecule has 128 valence electrons. The SMILES string of the molecule is CCN(CC(=O)N(Cc1ccccc1)C(C)C)c1cccc(C)c1. The van der Waals surface area contributed by atoms with E-state index in [1.54, 1.807) is 0 Å². The topological polar surface area (TPSA) is 23.6 Å². The second-order valence-electron chi connectivity index (χ2n) is 6.45. The van der Waals surface area contributed by atoms with Gasteiger partial charge in [-0.1, -0.05) is 42.5 Å². The average molecular weight is 324 g/mol. The molecular weight excluding hydrogens is 296 g/mol. The number of rotatable bonds is 7. The molecule has 0 saturated heterocycles. The summed E-state index contributed by atoms with van der Waals surface area (Å²) in [5.74, 6) is 0.164. The molecular formula is C21H28N2O. The van der Waals surface area contributed by atoms with Gasteiger partial charge < -0.3 is 9.80 Å². The number of benzene rings is 2. The minimum absolute atomic E-state index is 0.164. The van der Waals surface area contributed by atoms with E-state index in [0.717, 1.165) is 17.8 Å². The van der Waals surface area contributed by atoms with Crippen molar-refractivity contribution in [3.8, 4) is 0 Å². The van der Waals surface area contributed by atoms with E-state index in [1.165, 1.54) is 5.56 Å². The maximum Gasteiger partial charge on any atom is 0.242 e. The molecule has 2 rings (SSSR count). The molecule has 3 heteroatoms. The van der Waals surface area contributed by atoms with Gasteiger partial charge in [0.05, 0.1) is 6.54 Å². The average Bonchev–Trinajstić information content (AvgIpc) is 2.58. The predicted molar refractivity (Wildman–Crippen MR) is 101 cm³/mol. The number of anilines is 1. The first kappa shape index (κ1) is 18.1. The van der Waals surface area contributed by atoms with Crippen LogP contribution in [0, 0.1) is 6.92 Å². The van der Waals surface area contributed by atoms with Crippen LogP contribution in [0.2, 0.25) is 0 Å². The summed E-state index contributed by atoms with van der Waals surface area (Å²) < 4.78 is 0. The van der Waals surface area contributed by atoms with Gasteiger partial charge in [-0.2, -0.15) is 0 Å². The Morgan fingerprint density at radius 2 is 1.75 bits per heavy atom. The van der Waals surface area contributed by atoms with Gasteiger partial charge in [-0.15, -0.1) is 0 Å². The third-order valence-corrected chi connectivity index (χ3v) is 4.21. The lowest BCUT2D eigenvalue weighted by Crippen LogP contribution is -2.43. The van der Waals surface area contributed by atoms with Crippen LogP contribution in [0.4, 0.5) is 5.69 Å². The summed E-state index contributed by atoms with van der Waals surface area (Å²) in [6.45, 7) is 10.2. The van der Waals surface area contributed by atoms with Gasteiger partial charge in [-0.25, -0.2) is 0 Å². The molecule has 0 bridgehead atoms. The van der Waals surface area contributed by atoms with Crippen LogP contribution >= 0.6 is 0 Å². The third-order valence-electron chi connectivity index (χ3n) is 4.21. The van der Waals surface area contributed by atoms with E-state index in [1.807, 2.05) is 29.2 Å². The number of carbonyl (C=O) groups excluding carboxylic acids is 1. The van der Waals surface area contributed by atoms with Crippen LogP contribution in [0.3, 0.4) is 0 Å². The Morgan fingerprint density at radius 1 is 1.04 bits per heavy atom. The van der Waals surface area contributed by atoms with Crippen LogP contribution in [0.5, 0.6) is 0 Å². The fraction of sp³-hybridized carbons (Fsp3) is 0.381. The summed E-state index contributed by atoms with van der Waals surface area (Å²) in [4.78, 5) is 17.0. The zero-order valence-electron chi connectivity index (χ0n) is 15.2. The summed E-state index contributed by atoms with van der Waals surface area (Å²) in [6, 6.07) is 18.7. The monoisotopic (exact) mass is 324 g/mol. The first-order valence-corrected chi connectivity index (χ1v) is 8.66. The molecule has 0 aliphatic heterocycles. The number of carbonyl (C=O) groups is 1. The van der Waals surface area contributed by atoms with E-state index in [-0.39, 0.29) is 11.9 Å². The van der Waals surface area contributed by atoms with Crippen molar-refractivity contribution in [2.75, 3.05) is 18.0 Å². The molecule has 0 radical (unpaired) electrons. The normalized spacial score (nSPS) is 10.7. The van der Waals surface area contributed by atoms with Crippen molar-refractivity contribution in [2.24, 2.45) is 0 Å². The Morgan fingerprint density at radius 3 is 2.33 bits per heavy atom. The summed E-state index contributed by atoms with van der Waals surface area (Å²) in [5.41, 5.74) is 3.48. The second kappa shape index (κ2) is 8.53. The Bertz CT molecular complexity index is 652. The number of aryl methyl sites for hydroxylation is 1. The molecule has 0 fully saturated rings. The van der Waals surface area contributed by atoms with Gasteiger partial charge in [0.1, 0.15) is 0 Å². The van der Waals surface area contributed by atoms with Gasteiger partial charge in [0, 0.05) is 24.8 Å². The Labute approximate surface area is 145 Å². The number of hydrogen-bond acceptors (Lipinski definition) is 2. The fourth-order valence-electron chi connectivity index (χ4n) is 2.80. The highest BCUT2D eigenvalue weighted by molar-refractivity contribution is 5.81. The van der Waals surface area contributed by atoms with E-state index < -0.39 is 0 Å². The first-order chi connectivity index (χ1) is 11.5. The Hall–Kier alpha value is -2.29. The highest BCUT2D eigenvalue weighted by Crippen LogP contribution is 2.17. The summed E-state index contributed by atoms with van der Waals surface area (Å²) in [7, 11) is 0. The van der Waals surface area contributed by atoms with Gasteiger partial charge in [-0.3, -0.25) is 4.79 Å². The van der Waals surface area contributed by atoms with Gasteiger partial charge in [-0.05, 0) is 51.0 Å². The lowest BCUT2D eigenvalue weighted by atomic mass is 10.1. The molecule has 0 saturated carbocycles. The summed E-state index contributed by atoms with van der Waals surface area (Å²) in [6.07, 6.45) is 0. The quantitative estimate of drug-likeness (QED) is 0.760.